The summed E-state index contributed by atoms with van der Waals surface area (Å²) in [5.41, 5.74) is 0. The lowest BCUT2D eigenvalue weighted by Crippen LogP contribution is -2.15. The molecule has 0 bridgehead atoms. The minimum Gasteiger partial charge on any atom is -0.393 e. The van der Waals surface area contributed by atoms with Gasteiger partial charge in [-0.3, -0.25) is 0 Å². The Hall–Kier alpha value is -0.370. The number of hydrogen-bond acceptors (Lipinski definition) is 2. The fourth-order valence-corrected chi connectivity index (χ4v) is 1.62. The molecule has 1 aliphatic carbocycles. The number of aliphatic hydroxyl groups excluding tert-OH is 1. The lowest BCUT2D eigenvalue weighted by atomic mass is 10.00. The topological polar surface area (TPSA) is 37.3 Å². The van der Waals surface area contributed by atoms with Crippen LogP contribution < -0.4 is 0 Å². The fraction of sp³-hybridized carbons (Fsp3) is 0.875. The van der Waals surface area contributed by atoms with Crippen molar-refractivity contribution >= 4 is 5.78 Å². The fourth-order valence-electron chi connectivity index (χ4n) is 1.62. The van der Waals surface area contributed by atoms with E-state index in [9.17, 15) is 9.90 Å². The third kappa shape index (κ3) is 1.81. The Kier molecular flexibility index (Phi) is 2.44. The van der Waals surface area contributed by atoms with Gasteiger partial charge in [0.2, 0.25) is 0 Å². The van der Waals surface area contributed by atoms with Gasteiger partial charge in [-0.2, -0.15) is 0 Å². The van der Waals surface area contributed by atoms with Crippen LogP contribution >= 0.6 is 0 Å². The van der Waals surface area contributed by atoms with Crippen molar-refractivity contribution < 1.29 is 9.90 Å². The zero-order valence-corrected chi connectivity index (χ0v) is 6.34. The summed E-state index contributed by atoms with van der Waals surface area (Å²) in [5, 5.41) is 9.29. The first-order valence-electron chi connectivity index (χ1n) is 3.87. The van der Waals surface area contributed by atoms with Gasteiger partial charge in [0.1, 0.15) is 5.78 Å². The number of ketones is 1. The van der Waals surface area contributed by atoms with Crippen molar-refractivity contribution in [2.24, 2.45) is 5.92 Å². The molecule has 0 heterocycles. The van der Waals surface area contributed by atoms with Crippen molar-refractivity contribution in [3.8, 4) is 0 Å². The van der Waals surface area contributed by atoms with E-state index in [1.807, 2.05) is 0 Å². The largest absolute Gasteiger partial charge is 0.393 e. The van der Waals surface area contributed by atoms with Crippen molar-refractivity contribution in [1.82, 2.24) is 0 Å². The molecule has 10 heavy (non-hydrogen) atoms. The van der Waals surface area contributed by atoms with Crippen molar-refractivity contribution in [3.63, 3.8) is 0 Å². The summed E-state index contributed by atoms with van der Waals surface area (Å²) >= 11 is 0. The van der Waals surface area contributed by atoms with E-state index >= 15 is 0 Å². The van der Waals surface area contributed by atoms with Crippen LogP contribution in [0.5, 0.6) is 0 Å². The molecule has 0 amide bonds. The Labute approximate surface area is 61.2 Å². The van der Waals surface area contributed by atoms with Crippen LogP contribution in [-0.2, 0) is 4.79 Å². The van der Waals surface area contributed by atoms with Gasteiger partial charge in [0, 0.05) is 6.42 Å². The summed E-state index contributed by atoms with van der Waals surface area (Å²) < 4.78 is 0. The molecular formula is C8H14O2. The molecule has 1 rings (SSSR count). The molecule has 58 valence electrons. The average Bonchev–Trinajstić information content (AvgIpc) is 2.15. The van der Waals surface area contributed by atoms with Crippen molar-refractivity contribution in [2.75, 3.05) is 0 Å². The summed E-state index contributed by atoms with van der Waals surface area (Å²) in [7, 11) is 0. The normalized spacial score (nSPS) is 32.6. The second-order valence-corrected chi connectivity index (χ2v) is 3.16. The molecule has 1 aliphatic rings. The number of carbonyl (C=O) groups is 1. The van der Waals surface area contributed by atoms with E-state index in [1.54, 1.807) is 6.92 Å². The minimum absolute atomic E-state index is 0.200. The molecule has 1 fully saturated rings. The zero-order chi connectivity index (χ0) is 7.56. The molecule has 2 atom stereocenters. The summed E-state index contributed by atoms with van der Waals surface area (Å²) in [6, 6.07) is 0. The van der Waals surface area contributed by atoms with Gasteiger partial charge in [-0.25, -0.2) is 0 Å². The Morgan fingerprint density at radius 3 is 2.70 bits per heavy atom. The molecule has 2 unspecified atom stereocenters. The first kappa shape index (κ1) is 7.73. The molecule has 0 saturated heterocycles. The first-order valence-corrected chi connectivity index (χ1v) is 3.87. The summed E-state index contributed by atoms with van der Waals surface area (Å²) in [6.07, 6.45) is 3.36. The molecule has 0 aromatic carbocycles. The summed E-state index contributed by atoms with van der Waals surface area (Å²) in [6.45, 7) is 1.59. The van der Waals surface area contributed by atoms with Gasteiger partial charge < -0.3 is 9.90 Å². The van der Waals surface area contributed by atoms with E-state index in [-0.39, 0.29) is 17.8 Å². The standard InChI is InChI=1S/C8H14O2/c1-6(9)5-7-3-2-4-8(7)10/h7-8,10H,2-5H2,1H3. The third-order valence-corrected chi connectivity index (χ3v) is 2.17. The van der Waals surface area contributed by atoms with Crippen LogP contribution in [0.2, 0.25) is 0 Å². The van der Waals surface area contributed by atoms with Gasteiger partial charge in [0.05, 0.1) is 6.10 Å². The van der Waals surface area contributed by atoms with Crippen LogP contribution in [-0.4, -0.2) is 17.0 Å². The van der Waals surface area contributed by atoms with Crippen LogP contribution in [0, 0.1) is 5.92 Å². The molecule has 2 nitrogen and oxygen atoms in total. The molecule has 0 aromatic heterocycles. The monoisotopic (exact) mass is 142 g/mol. The Bertz CT molecular complexity index is 131. The van der Waals surface area contributed by atoms with Gasteiger partial charge in [-0.1, -0.05) is 6.42 Å². The van der Waals surface area contributed by atoms with Gasteiger partial charge in [-0.05, 0) is 25.7 Å². The van der Waals surface area contributed by atoms with E-state index in [4.69, 9.17) is 0 Å². The number of carbonyl (C=O) groups excluding carboxylic acids is 1. The van der Waals surface area contributed by atoms with Gasteiger partial charge >= 0.3 is 0 Å². The van der Waals surface area contributed by atoms with E-state index in [0.29, 0.717) is 6.42 Å². The lowest BCUT2D eigenvalue weighted by molar-refractivity contribution is -0.118. The molecule has 0 spiro atoms. The van der Waals surface area contributed by atoms with Crippen LogP contribution in [0.3, 0.4) is 0 Å². The SMILES string of the molecule is CC(=O)CC1CCCC1O. The van der Waals surface area contributed by atoms with Crippen LogP contribution in [0.4, 0.5) is 0 Å². The number of aliphatic hydroxyl groups is 1. The quantitative estimate of drug-likeness (QED) is 0.627. The molecule has 0 radical (unpaired) electrons. The Morgan fingerprint density at radius 1 is 1.60 bits per heavy atom. The number of hydrogen-bond donors (Lipinski definition) is 1. The molecule has 1 N–H and O–H groups in total. The maximum Gasteiger partial charge on any atom is 0.130 e. The van der Waals surface area contributed by atoms with Crippen molar-refractivity contribution in [1.29, 1.82) is 0 Å². The molecule has 2 heteroatoms. The average molecular weight is 142 g/mol. The second kappa shape index (κ2) is 3.15. The lowest BCUT2D eigenvalue weighted by Gasteiger charge is -2.10. The predicted octanol–water partition coefficient (Wildman–Crippen LogP) is 1.13. The van der Waals surface area contributed by atoms with E-state index in [2.05, 4.69) is 0 Å². The third-order valence-electron chi connectivity index (χ3n) is 2.17. The number of rotatable bonds is 2. The van der Waals surface area contributed by atoms with E-state index < -0.39 is 0 Å². The van der Waals surface area contributed by atoms with Crippen molar-refractivity contribution in [3.05, 3.63) is 0 Å². The smallest absolute Gasteiger partial charge is 0.130 e. The maximum absolute atomic E-state index is 10.6. The molecule has 0 aliphatic heterocycles. The van der Waals surface area contributed by atoms with E-state index in [0.717, 1.165) is 19.3 Å². The highest BCUT2D eigenvalue weighted by molar-refractivity contribution is 5.75. The highest BCUT2D eigenvalue weighted by atomic mass is 16.3. The Morgan fingerprint density at radius 2 is 2.30 bits per heavy atom. The molecule has 1 saturated carbocycles. The highest BCUT2D eigenvalue weighted by Gasteiger charge is 2.25. The first-order chi connectivity index (χ1) is 4.70. The van der Waals surface area contributed by atoms with Crippen LogP contribution in [0.1, 0.15) is 32.6 Å². The highest BCUT2D eigenvalue weighted by Crippen LogP contribution is 2.28. The minimum atomic E-state index is -0.205. The zero-order valence-electron chi connectivity index (χ0n) is 6.34. The van der Waals surface area contributed by atoms with E-state index in [1.165, 1.54) is 0 Å². The van der Waals surface area contributed by atoms with Crippen LogP contribution in [0.25, 0.3) is 0 Å². The predicted molar refractivity (Wildman–Crippen MR) is 38.6 cm³/mol. The van der Waals surface area contributed by atoms with Gasteiger partial charge in [0.25, 0.3) is 0 Å². The second-order valence-electron chi connectivity index (χ2n) is 3.16. The van der Waals surface area contributed by atoms with Gasteiger partial charge in [-0.15, -0.1) is 0 Å². The summed E-state index contributed by atoms with van der Waals surface area (Å²) in [4.78, 5) is 10.6. The Balaban J connectivity index is 2.33. The van der Waals surface area contributed by atoms with Crippen molar-refractivity contribution in [2.45, 2.75) is 38.7 Å². The molecular weight excluding hydrogens is 128 g/mol. The van der Waals surface area contributed by atoms with Gasteiger partial charge in [0.15, 0.2) is 0 Å². The molecule has 0 aromatic rings. The summed E-state index contributed by atoms with van der Waals surface area (Å²) in [5.74, 6) is 0.462. The number of Topliss-reactive ketones (excluding diaryl/α,β-unsaturated/α-hetero) is 1. The van der Waals surface area contributed by atoms with Crippen LogP contribution in [0.15, 0.2) is 0 Å². The maximum atomic E-state index is 10.6.